The minimum absolute atomic E-state index is 0. The maximum atomic E-state index is 7.76. The Morgan fingerprint density at radius 2 is 1.38 bits per heavy atom. The summed E-state index contributed by atoms with van der Waals surface area (Å²) in [6.07, 6.45) is 1.43. The van der Waals surface area contributed by atoms with Crippen molar-refractivity contribution in [1.82, 2.24) is 0 Å². The molecule has 0 atom stereocenters. The summed E-state index contributed by atoms with van der Waals surface area (Å²) in [6.45, 7) is 3.31. The van der Waals surface area contributed by atoms with Crippen LogP contribution in [-0.4, -0.2) is 11.7 Å². The van der Waals surface area contributed by atoms with E-state index >= 15 is 0 Å². The van der Waals surface area contributed by atoms with Gasteiger partial charge in [-0.15, -0.1) is 6.58 Å². The van der Waals surface area contributed by atoms with Gasteiger partial charge in [0.2, 0.25) is 0 Å². The van der Waals surface area contributed by atoms with E-state index in [1.54, 1.807) is 0 Å². The Balaban J connectivity index is -0.00000000750. The van der Waals surface area contributed by atoms with Gasteiger partial charge in [-0.05, 0) is 0 Å². The van der Waals surface area contributed by atoms with E-state index in [1.807, 2.05) is 0 Å². The van der Waals surface area contributed by atoms with Gasteiger partial charge in [0.25, 0.3) is 0 Å². The van der Waals surface area contributed by atoms with Crippen molar-refractivity contribution in [2.45, 2.75) is 22.3 Å². The fraction of sp³-hybridized carbons (Fsp3) is 0.667. The molecule has 0 heterocycles. The number of hydrogen-bond acceptors (Lipinski definition) is 1. The Morgan fingerprint density at radius 3 is 1.38 bits per heavy atom. The predicted octanol–water partition coefficient (Wildman–Crippen LogP) is 2.07. The minimum Gasteiger partial charge on any atom is -0.392 e. The smallest absolute Gasteiger partial charge is 0.0609 e. The van der Waals surface area contributed by atoms with E-state index in [2.05, 4.69) is 6.58 Å². The molecule has 0 aliphatic rings. The molecule has 1 N–H and O–H groups in total. The van der Waals surface area contributed by atoms with Crippen LogP contribution in [0.4, 0.5) is 0 Å². The van der Waals surface area contributed by atoms with Crippen LogP contribution in [0.5, 0.6) is 0 Å². The molecule has 2 heteroatoms. The Bertz CT molecular complexity index is 22.5. The zero-order valence-corrected chi connectivity index (χ0v) is 9.55. The van der Waals surface area contributed by atoms with Crippen molar-refractivity contribution >= 4 is 0 Å². The molecule has 0 fully saturated rings. The average molecular weight is 373 g/mol. The van der Waals surface area contributed by atoms with Crippen LogP contribution in [0.3, 0.4) is 0 Å². The first kappa shape index (κ1) is 75.3. The zero-order chi connectivity index (χ0) is 3.41. The monoisotopic (exact) mass is 373 g/mol. The molecule has 0 spiro atoms. The summed E-state index contributed by atoms with van der Waals surface area (Å²) >= 11 is 0. The number of hydrogen-bond donors (Lipinski definition) is 1. The fourth-order valence-electron chi connectivity index (χ4n) is 0. The summed E-state index contributed by atoms with van der Waals surface area (Å²) in [5.41, 5.74) is 0. The maximum absolute atomic E-state index is 7.76. The first-order valence-electron chi connectivity index (χ1n) is 1.13. The van der Waals surface area contributed by atoms with Crippen molar-refractivity contribution in [2.24, 2.45) is 0 Å². The van der Waals surface area contributed by atoms with Crippen molar-refractivity contribution in [2.75, 3.05) is 6.61 Å². The van der Waals surface area contributed by atoms with Gasteiger partial charge < -0.3 is 5.11 Å². The molecule has 0 radical (unpaired) electrons. The molecule has 0 unspecified atom stereocenters. The van der Waals surface area contributed by atoms with Gasteiger partial charge in [-0.25, -0.2) is 0 Å². The van der Waals surface area contributed by atoms with Gasteiger partial charge in [-0.2, -0.15) is 0 Å². The molecule has 0 aromatic heterocycles. The molecule has 0 aliphatic carbocycles. The van der Waals surface area contributed by atoms with E-state index < -0.39 is 0 Å². The average Bonchev–Trinajstić information content (AvgIpc) is 1.37. The SMILES string of the molecule is C.C.C.C=CCO.[Rf]. The van der Waals surface area contributed by atoms with Crippen molar-refractivity contribution in [3.8, 4) is 0 Å². The quantitative estimate of drug-likeness (QED) is 0.698. The summed E-state index contributed by atoms with van der Waals surface area (Å²) in [7, 11) is 0. The molecular weight excluding hydrogens is 355 g/mol. The zero-order valence-electron chi connectivity index (χ0n) is 3.15. The van der Waals surface area contributed by atoms with Crippen LogP contribution in [0, 0.1) is 0 Å². The third-order valence-corrected chi connectivity index (χ3v) is 0.129. The molecule has 50 valence electrons. The van der Waals surface area contributed by atoms with Gasteiger partial charge in [-0.3, -0.25) is 0 Å². The molecule has 0 bridgehead atoms. The molecule has 0 saturated heterocycles. The number of aliphatic hydroxyl groups excluding tert-OH is 1. The van der Waals surface area contributed by atoms with Gasteiger partial charge in [0.05, 0.1) is 6.61 Å². The Morgan fingerprint density at radius 1 is 1.25 bits per heavy atom. The Hall–Kier alpha value is -1.30. The van der Waals surface area contributed by atoms with Gasteiger partial charge in [0.1, 0.15) is 0 Å². The van der Waals surface area contributed by atoms with Gasteiger partial charge >= 0.3 is 0 Å². The van der Waals surface area contributed by atoms with Crippen molar-refractivity contribution in [3.63, 3.8) is 0 Å². The largest absolute Gasteiger partial charge is 0.392 e. The van der Waals surface area contributed by atoms with E-state index in [-0.39, 0.29) is 28.9 Å². The van der Waals surface area contributed by atoms with Crippen LogP contribution in [0.1, 0.15) is 22.3 Å². The van der Waals surface area contributed by atoms with Crippen LogP contribution in [0.15, 0.2) is 12.7 Å². The maximum Gasteiger partial charge on any atom is 0.0609 e. The molecule has 1 nitrogen and oxygen atoms in total. The third kappa shape index (κ3) is 715. The van der Waals surface area contributed by atoms with E-state index in [9.17, 15) is 0 Å². The van der Waals surface area contributed by atoms with Crippen LogP contribution < -0.4 is 0 Å². The van der Waals surface area contributed by atoms with E-state index in [1.165, 1.54) is 6.08 Å². The first-order chi connectivity index (χ1) is 1.91. The molecule has 0 amide bonds. The van der Waals surface area contributed by atoms with E-state index in [0.717, 1.165) is 0 Å². The minimum atomic E-state index is 0. The van der Waals surface area contributed by atoms with Gasteiger partial charge in [0.15, 0.2) is 0 Å². The summed E-state index contributed by atoms with van der Waals surface area (Å²) in [6, 6.07) is 0. The Labute approximate surface area is 47.7 Å². The molecule has 0 aromatic carbocycles. The van der Waals surface area contributed by atoms with Gasteiger partial charge in [0, 0.05) is 0 Å². The summed E-state index contributed by atoms with van der Waals surface area (Å²) < 4.78 is 0. The molecule has 8 heavy (non-hydrogen) atoms. The molecule has 0 rings (SSSR count). The van der Waals surface area contributed by atoms with Crippen molar-refractivity contribution in [3.05, 3.63) is 12.7 Å². The molecule has 0 aromatic rings. The summed E-state index contributed by atoms with van der Waals surface area (Å²) in [5.74, 6) is 0. The molecular formula is C6H18ORf. The number of rotatable bonds is 1. The normalized spacial score (nSPS) is 3.12. The Kier molecular flexibility index (Phi) is 2420. The predicted molar refractivity (Wildman–Crippen MR) is 37.5 cm³/mol. The first-order valence-corrected chi connectivity index (χ1v) is 1.13. The summed E-state index contributed by atoms with van der Waals surface area (Å²) in [5, 5.41) is 7.76. The number of aliphatic hydroxyl groups is 1. The second-order valence-corrected chi connectivity index (χ2v) is 0.471. The second kappa shape index (κ2) is 257. The molecule has 0 saturated carbocycles. The second-order valence-electron chi connectivity index (χ2n) is 0.471. The molecule has 0 aliphatic heterocycles. The topological polar surface area (TPSA) is 20.2 Å². The standard InChI is InChI=1S/C3H6O.3CH4.Rf/c1-2-3-4;;;;/h2,4H,1,3H2;3*1H4;. The van der Waals surface area contributed by atoms with Crippen molar-refractivity contribution < 1.29 is 5.11 Å². The van der Waals surface area contributed by atoms with Crippen LogP contribution in [-0.2, 0) is 0 Å². The third-order valence-electron chi connectivity index (χ3n) is 0.129. The van der Waals surface area contributed by atoms with Crippen LogP contribution in [0.2, 0.25) is 0 Å². The van der Waals surface area contributed by atoms with Crippen LogP contribution >= 0.6 is 0 Å². The van der Waals surface area contributed by atoms with Crippen molar-refractivity contribution in [1.29, 1.82) is 0 Å². The van der Waals surface area contributed by atoms with E-state index in [4.69, 9.17) is 5.11 Å². The fourth-order valence-corrected chi connectivity index (χ4v) is 0. The van der Waals surface area contributed by atoms with Crippen LogP contribution in [0.25, 0.3) is 0 Å². The van der Waals surface area contributed by atoms with E-state index in [0.29, 0.717) is 0 Å². The van der Waals surface area contributed by atoms with Gasteiger partial charge in [-0.1, -0.05) is 28.4 Å². The summed E-state index contributed by atoms with van der Waals surface area (Å²) in [4.78, 5) is 0.